The monoisotopic (exact) mass is 420 g/mol. The van der Waals surface area contributed by atoms with Crippen molar-refractivity contribution in [1.29, 1.82) is 0 Å². The van der Waals surface area contributed by atoms with Gasteiger partial charge in [0.15, 0.2) is 0 Å². The van der Waals surface area contributed by atoms with Crippen molar-refractivity contribution in [2.24, 2.45) is 0 Å². The minimum atomic E-state index is -0.226. The van der Waals surface area contributed by atoms with Crippen LogP contribution in [0.25, 0.3) is 0 Å². The molecule has 0 saturated carbocycles. The van der Waals surface area contributed by atoms with Crippen molar-refractivity contribution in [2.45, 2.75) is 31.8 Å². The molecule has 2 N–H and O–H groups in total. The summed E-state index contributed by atoms with van der Waals surface area (Å²) in [5.74, 6) is -0.402. The van der Waals surface area contributed by atoms with E-state index in [1.165, 1.54) is 0 Å². The Bertz CT molecular complexity index is 851. The van der Waals surface area contributed by atoms with E-state index in [9.17, 15) is 9.59 Å². The summed E-state index contributed by atoms with van der Waals surface area (Å²) in [6, 6.07) is 12.3. The van der Waals surface area contributed by atoms with Gasteiger partial charge in [0.05, 0.1) is 27.4 Å². The molecule has 0 unspecified atom stereocenters. The molecule has 0 spiro atoms. The number of hydrogen-bond acceptors (Lipinski definition) is 3. The van der Waals surface area contributed by atoms with Crippen LogP contribution in [0.15, 0.2) is 42.5 Å². The largest absolute Gasteiger partial charge is 0.376 e. The number of carbonyl (C=O) groups excluding carboxylic acids is 2. The molecular weight excluding hydrogens is 399 g/mol. The Balaban J connectivity index is 1.56. The molecule has 0 aromatic heterocycles. The summed E-state index contributed by atoms with van der Waals surface area (Å²) in [5.41, 5.74) is 1.85. The highest BCUT2D eigenvalue weighted by Gasteiger charge is 2.18. The fraction of sp³-hybridized carbons (Fsp3) is 0.333. The van der Waals surface area contributed by atoms with Crippen molar-refractivity contribution in [3.8, 4) is 0 Å². The maximum Gasteiger partial charge on any atom is 0.253 e. The van der Waals surface area contributed by atoms with Crippen LogP contribution in [0.1, 0.15) is 35.2 Å². The Hall–Kier alpha value is -2.08. The van der Waals surface area contributed by atoms with Gasteiger partial charge in [-0.05, 0) is 49.1 Å². The fourth-order valence-electron chi connectivity index (χ4n) is 3.06. The van der Waals surface area contributed by atoms with Gasteiger partial charge in [0.1, 0.15) is 0 Å². The van der Waals surface area contributed by atoms with Crippen molar-refractivity contribution >= 4 is 40.7 Å². The maximum absolute atomic E-state index is 12.5. The number of halogens is 2. The number of amides is 2. The van der Waals surface area contributed by atoms with Crippen molar-refractivity contribution in [3.63, 3.8) is 0 Å². The van der Waals surface area contributed by atoms with E-state index in [-0.39, 0.29) is 24.3 Å². The Kier molecular flexibility index (Phi) is 7.31. The van der Waals surface area contributed by atoms with E-state index in [0.717, 1.165) is 25.0 Å². The van der Waals surface area contributed by atoms with Gasteiger partial charge in [-0.3, -0.25) is 9.59 Å². The number of para-hydroxylation sites is 1. The SMILES string of the molecule is O=C(CCc1ccc(Cl)c(Cl)c1)Nc1ccccc1C(=O)NC[C@@H]1CCCO1. The van der Waals surface area contributed by atoms with E-state index in [0.29, 0.717) is 34.3 Å². The third kappa shape index (κ3) is 5.71. The molecule has 2 aromatic carbocycles. The lowest BCUT2D eigenvalue weighted by molar-refractivity contribution is -0.116. The number of hydrogen-bond donors (Lipinski definition) is 2. The minimum absolute atomic E-state index is 0.0666. The molecule has 1 saturated heterocycles. The summed E-state index contributed by atoms with van der Waals surface area (Å²) >= 11 is 11.9. The molecule has 7 heteroatoms. The first-order valence-electron chi connectivity index (χ1n) is 9.25. The second kappa shape index (κ2) is 9.92. The number of aryl methyl sites for hydroxylation is 1. The molecule has 148 valence electrons. The van der Waals surface area contributed by atoms with Gasteiger partial charge in [0.25, 0.3) is 5.91 Å². The number of ether oxygens (including phenoxy) is 1. The zero-order chi connectivity index (χ0) is 19.9. The zero-order valence-electron chi connectivity index (χ0n) is 15.3. The van der Waals surface area contributed by atoms with E-state index >= 15 is 0 Å². The molecule has 5 nitrogen and oxygen atoms in total. The van der Waals surface area contributed by atoms with Crippen LogP contribution in [-0.2, 0) is 16.0 Å². The van der Waals surface area contributed by atoms with E-state index in [2.05, 4.69) is 10.6 Å². The van der Waals surface area contributed by atoms with Crippen molar-refractivity contribution in [1.82, 2.24) is 5.32 Å². The number of rotatable bonds is 7. The standard InChI is InChI=1S/C21H22Cl2N2O3/c22-17-9-7-14(12-18(17)23)8-10-20(26)25-19-6-2-1-5-16(19)21(27)24-13-15-4-3-11-28-15/h1-2,5-7,9,12,15H,3-4,8,10-11,13H2,(H,24,27)(H,25,26)/t15-/m0/s1. The Morgan fingerprint density at radius 2 is 1.93 bits per heavy atom. The van der Waals surface area contributed by atoms with Crippen LogP contribution < -0.4 is 10.6 Å². The van der Waals surface area contributed by atoms with Gasteiger partial charge < -0.3 is 15.4 Å². The zero-order valence-corrected chi connectivity index (χ0v) is 16.9. The van der Waals surface area contributed by atoms with Crippen LogP contribution in [0, 0.1) is 0 Å². The second-order valence-corrected chi connectivity index (χ2v) is 7.50. The van der Waals surface area contributed by atoms with E-state index in [4.69, 9.17) is 27.9 Å². The molecule has 0 aliphatic carbocycles. The summed E-state index contributed by atoms with van der Waals surface area (Å²) in [4.78, 5) is 24.9. The summed E-state index contributed by atoms with van der Waals surface area (Å²) < 4.78 is 5.52. The van der Waals surface area contributed by atoms with Crippen molar-refractivity contribution in [3.05, 3.63) is 63.6 Å². The molecule has 0 radical (unpaired) electrons. The van der Waals surface area contributed by atoms with Crippen LogP contribution in [0.5, 0.6) is 0 Å². The quantitative estimate of drug-likeness (QED) is 0.693. The van der Waals surface area contributed by atoms with Crippen LogP contribution in [0.4, 0.5) is 5.69 Å². The van der Waals surface area contributed by atoms with Crippen LogP contribution in [0.3, 0.4) is 0 Å². The lowest BCUT2D eigenvalue weighted by Crippen LogP contribution is -2.32. The van der Waals surface area contributed by atoms with Gasteiger partial charge in [0.2, 0.25) is 5.91 Å². The minimum Gasteiger partial charge on any atom is -0.376 e. The summed E-state index contributed by atoms with van der Waals surface area (Å²) in [6.07, 6.45) is 2.83. The second-order valence-electron chi connectivity index (χ2n) is 6.69. The molecule has 1 fully saturated rings. The topological polar surface area (TPSA) is 67.4 Å². The summed E-state index contributed by atoms with van der Waals surface area (Å²) in [6.45, 7) is 1.21. The van der Waals surface area contributed by atoms with E-state index in [1.807, 2.05) is 6.07 Å². The third-order valence-corrected chi connectivity index (χ3v) is 5.32. The highest BCUT2D eigenvalue weighted by atomic mass is 35.5. The normalized spacial score (nSPS) is 16.0. The third-order valence-electron chi connectivity index (χ3n) is 4.58. The van der Waals surface area contributed by atoms with Gasteiger partial charge >= 0.3 is 0 Å². The Morgan fingerprint density at radius 3 is 2.68 bits per heavy atom. The molecule has 1 aliphatic rings. The molecule has 2 amide bonds. The highest BCUT2D eigenvalue weighted by molar-refractivity contribution is 6.42. The molecule has 28 heavy (non-hydrogen) atoms. The summed E-state index contributed by atoms with van der Waals surface area (Å²) in [7, 11) is 0. The average molecular weight is 421 g/mol. The molecule has 3 rings (SSSR count). The van der Waals surface area contributed by atoms with E-state index < -0.39 is 0 Å². The molecule has 1 atom stereocenters. The lowest BCUT2D eigenvalue weighted by atomic mass is 10.1. The van der Waals surface area contributed by atoms with Gasteiger partial charge in [-0.25, -0.2) is 0 Å². The van der Waals surface area contributed by atoms with Gasteiger partial charge in [-0.2, -0.15) is 0 Å². The predicted molar refractivity (Wildman–Crippen MR) is 111 cm³/mol. The number of carbonyl (C=O) groups is 2. The maximum atomic E-state index is 12.5. The first-order valence-corrected chi connectivity index (χ1v) is 10.0. The first kappa shape index (κ1) is 20.6. The van der Waals surface area contributed by atoms with Crippen LogP contribution in [0.2, 0.25) is 10.0 Å². The lowest BCUT2D eigenvalue weighted by Gasteiger charge is -2.14. The molecular formula is C21H22Cl2N2O3. The van der Waals surface area contributed by atoms with Crippen LogP contribution >= 0.6 is 23.2 Å². The van der Waals surface area contributed by atoms with Crippen molar-refractivity contribution in [2.75, 3.05) is 18.5 Å². The van der Waals surface area contributed by atoms with Gasteiger partial charge in [-0.15, -0.1) is 0 Å². The average Bonchev–Trinajstić information content (AvgIpc) is 3.21. The molecule has 0 bridgehead atoms. The number of anilines is 1. The Morgan fingerprint density at radius 1 is 1.11 bits per heavy atom. The smallest absolute Gasteiger partial charge is 0.253 e. The van der Waals surface area contributed by atoms with Crippen molar-refractivity contribution < 1.29 is 14.3 Å². The number of nitrogens with one attached hydrogen (secondary N) is 2. The van der Waals surface area contributed by atoms with Gasteiger partial charge in [-0.1, -0.05) is 41.4 Å². The van der Waals surface area contributed by atoms with Crippen LogP contribution in [-0.4, -0.2) is 31.1 Å². The molecule has 1 aliphatic heterocycles. The van der Waals surface area contributed by atoms with Gasteiger partial charge in [0, 0.05) is 19.6 Å². The molecule has 2 aromatic rings. The first-order chi connectivity index (χ1) is 13.5. The summed E-state index contributed by atoms with van der Waals surface area (Å²) in [5, 5.41) is 6.66. The molecule has 1 heterocycles. The predicted octanol–water partition coefficient (Wildman–Crippen LogP) is 4.47. The van der Waals surface area contributed by atoms with E-state index in [1.54, 1.807) is 36.4 Å². The highest BCUT2D eigenvalue weighted by Crippen LogP contribution is 2.23. The number of benzene rings is 2. The Labute approximate surface area is 174 Å². The fourth-order valence-corrected chi connectivity index (χ4v) is 3.38.